The first-order valence-electron chi connectivity index (χ1n) is 10.5. The van der Waals surface area contributed by atoms with Crippen LogP contribution in [0.2, 0.25) is 0 Å². The molecular weight excluding hydrogens is 412 g/mol. The van der Waals surface area contributed by atoms with Gasteiger partial charge in [-0.15, -0.1) is 0 Å². The Morgan fingerprint density at radius 1 is 1.06 bits per heavy atom. The standard InChI is InChI=1S/C17H26N2O.C7H8O3S/c1-4-17(20)18-13-10-14-19(5-2,6-3)15-16-11-8-7-9-12-16;1-6-2-4-7(5-3-6)11(8,9)10/h4,7-9,11-12H,1,5-6,10,13-15H2,2-3H3;2-5H,1H3,(H,8,9,10). The van der Waals surface area contributed by atoms with Crippen LogP contribution in [0.4, 0.5) is 0 Å². The summed E-state index contributed by atoms with van der Waals surface area (Å²) in [7, 11) is -4.27. The van der Waals surface area contributed by atoms with Crippen molar-refractivity contribution in [1.82, 2.24) is 5.32 Å². The van der Waals surface area contributed by atoms with E-state index in [-0.39, 0.29) is 10.8 Å². The van der Waals surface area contributed by atoms with Crippen molar-refractivity contribution < 1.29 is 22.2 Å². The van der Waals surface area contributed by atoms with Gasteiger partial charge in [0.25, 0.3) is 0 Å². The summed E-state index contributed by atoms with van der Waals surface area (Å²) in [5.41, 5.74) is 2.31. The van der Waals surface area contributed by atoms with Gasteiger partial charge in [0.05, 0.1) is 24.5 Å². The van der Waals surface area contributed by atoms with Crippen LogP contribution in [0.5, 0.6) is 0 Å². The van der Waals surface area contributed by atoms with Gasteiger partial charge in [0.1, 0.15) is 16.7 Å². The molecule has 7 heteroatoms. The van der Waals surface area contributed by atoms with E-state index < -0.39 is 10.1 Å². The second-order valence-corrected chi connectivity index (χ2v) is 8.84. The number of carbonyl (C=O) groups excluding carboxylic acids is 1. The first-order valence-corrected chi connectivity index (χ1v) is 11.9. The summed E-state index contributed by atoms with van der Waals surface area (Å²) in [6.45, 7) is 14.9. The molecule has 170 valence electrons. The van der Waals surface area contributed by atoms with E-state index in [0.717, 1.165) is 49.2 Å². The largest absolute Gasteiger partial charge is 0.744 e. The molecule has 0 aliphatic heterocycles. The molecule has 2 aromatic carbocycles. The smallest absolute Gasteiger partial charge is 0.243 e. The van der Waals surface area contributed by atoms with Crippen molar-refractivity contribution >= 4 is 16.0 Å². The quantitative estimate of drug-likeness (QED) is 0.261. The van der Waals surface area contributed by atoms with Crippen molar-refractivity contribution in [2.75, 3.05) is 26.2 Å². The molecule has 0 heterocycles. The number of rotatable bonds is 10. The second-order valence-electron chi connectivity index (χ2n) is 7.46. The molecule has 0 aliphatic rings. The van der Waals surface area contributed by atoms with E-state index in [1.165, 1.54) is 23.8 Å². The maximum absolute atomic E-state index is 11.1. The van der Waals surface area contributed by atoms with Gasteiger partial charge in [-0.05, 0) is 39.0 Å². The Morgan fingerprint density at radius 3 is 2.13 bits per heavy atom. The van der Waals surface area contributed by atoms with Crippen molar-refractivity contribution in [3.05, 3.63) is 78.4 Å². The predicted molar refractivity (Wildman–Crippen MR) is 123 cm³/mol. The normalized spacial score (nSPS) is 11.2. The first-order chi connectivity index (χ1) is 14.7. The first kappa shape index (κ1) is 26.6. The van der Waals surface area contributed by atoms with E-state index in [1.807, 2.05) is 6.92 Å². The maximum Gasteiger partial charge on any atom is 0.243 e. The minimum Gasteiger partial charge on any atom is -0.744 e. The number of hydrogen-bond donors (Lipinski definition) is 1. The summed E-state index contributed by atoms with van der Waals surface area (Å²) in [5, 5.41) is 2.85. The molecule has 0 bridgehead atoms. The van der Waals surface area contributed by atoms with Crippen molar-refractivity contribution in [1.29, 1.82) is 0 Å². The molecule has 2 rings (SSSR count). The SMILES string of the molecule is C=CC(=O)NCCC[N+](CC)(CC)Cc1ccccc1.Cc1ccc(S(=O)(=O)[O-])cc1. The van der Waals surface area contributed by atoms with E-state index in [4.69, 9.17) is 0 Å². The number of carbonyl (C=O) groups is 1. The molecule has 0 unspecified atom stereocenters. The van der Waals surface area contributed by atoms with Gasteiger partial charge in [-0.25, -0.2) is 8.42 Å². The fraction of sp³-hybridized carbons (Fsp3) is 0.375. The maximum atomic E-state index is 11.1. The average Bonchev–Trinajstić information content (AvgIpc) is 2.76. The predicted octanol–water partition coefficient (Wildman–Crippen LogP) is 3.63. The molecule has 0 radical (unpaired) electrons. The molecule has 0 saturated heterocycles. The summed E-state index contributed by atoms with van der Waals surface area (Å²) in [5.74, 6) is -0.0841. The topological polar surface area (TPSA) is 86.3 Å². The summed E-state index contributed by atoms with van der Waals surface area (Å²) in [6.07, 6.45) is 2.32. The molecule has 1 N–H and O–H groups in total. The van der Waals surface area contributed by atoms with Crippen LogP contribution in [0.1, 0.15) is 31.4 Å². The third kappa shape index (κ3) is 9.91. The Labute approximate surface area is 186 Å². The Bertz CT molecular complexity index is 906. The monoisotopic (exact) mass is 446 g/mol. The molecule has 0 aromatic heterocycles. The van der Waals surface area contributed by atoms with Crippen molar-refractivity contribution in [3.8, 4) is 0 Å². The highest BCUT2D eigenvalue weighted by Crippen LogP contribution is 2.15. The van der Waals surface area contributed by atoms with Crippen molar-refractivity contribution in [2.24, 2.45) is 0 Å². The molecule has 1 amide bonds. The molecule has 0 atom stereocenters. The number of amides is 1. The third-order valence-electron chi connectivity index (χ3n) is 5.31. The number of nitrogens with zero attached hydrogens (tertiary/aromatic N) is 1. The van der Waals surface area contributed by atoms with Gasteiger partial charge in [0.2, 0.25) is 5.91 Å². The molecule has 0 fully saturated rings. The zero-order valence-electron chi connectivity index (χ0n) is 18.7. The minimum atomic E-state index is -4.27. The van der Waals surface area contributed by atoms with Gasteiger partial charge in [0.15, 0.2) is 0 Å². The number of hydrogen-bond acceptors (Lipinski definition) is 4. The van der Waals surface area contributed by atoms with Crippen LogP contribution in [-0.4, -0.2) is 49.5 Å². The van der Waals surface area contributed by atoms with Crippen LogP contribution >= 0.6 is 0 Å². The highest BCUT2D eigenvalue weighted by Gasteiger charge is 2.23. The summed E-state index contributed by atoms with van der Waals surface area (Å²) in [6, 6.07) is 16.4. The number of aryl methyl sites for hydroxylation is 1. The van der Waals surface area contributed by atoms with Crippen LogP contribution in [0.15, 0.2) is 72.1 Å². The average molecular weight is 447 g/mol. The van der Waals surface area contributed by atoms with E-state index in [2.05, 4.69) is 56.1 Å². The fourth-order valence-electron chi connectivity index (χ4n) is 3.22. The van der Waals surface area contributed by atoms with Crippen LogP contribution < -0.4 is 5.32 Å². The molecule has 0 spiro atoms. The van der Waals surface area contributed by atoms with Gasteiger partial charge in [-0.3, -0.25) is 4.79 Å². The van der Waals surface area contributed by atoms with Gasteiger partial charge in [0, 0.05) is 18.5 Å². The number of nitrogens with one attached hydrogen (secondary N) is 1. The third-order valence-corrected chi connectivity index (χ3v) is 6.16. The molecule has 0 aliphatic carbocycles. The zero-order chi connectivity index (χ0) is 23.3. The number of quaternary nitrogens is 1. The highest BCUT2D eigenvalue weighted by molar-refractivity contribution is 7.85. The van der Waals surface area contributed by atoms with Gasteiger partial charge < -0.3 is 14.4 Å². The lowest BCUT2D eigenvalue weighted by Crippen LogP contribution is -2.48. The van der Waals surface area contributed by atoms with Crippen LogP contribution in [0, 0.1) is 6.92 Å². The Balaban J connectivity index is 0.000000367. The molecule has 31 heavy (non-hydrogen) atoms. The lowest BCUT2D eigenvalue weighted by molar-refractivity contribution is -0.937. The van der Waals surface area contributed by atoms with E-state index in [0.29, 0.717) is 0 Å². The molecular formula is C24H34N2O4S. The number of benzene rings is 2. The summed E-state index contributed by atoms with van der Waals surface area (Å²) >= 11 is 0. The van der Waals surface area contributed by atoms with Crippen LogP contribution in [0.25, 0.3) is 0 Å². The Kier molecular flexibility index (Phi) is 11.2. The molecule has 2 aromatic rings. The Morgan fingerprint density at radius 2 is 1.65 bits per heavy atom. The van der Waals surface area contributed by atoms with Crippen LogP contribution in [0.3, 0.4) is 0 Å². The van der Waals surface area contributed by atoms with Gasteiger partial charge >= 0.3 is 0 Å². The highest BCUT2D eigenvalue weighted by atomic mass is 32.2. The summed E-state index contributed by atoms with van der Waals surface area (Å²) < 4.78 is 32.2. The fourth-order valence-corrected chi connectivity index (χ4v) is 3.69. The van der Waals surface area contributed by atoms with E-state index in [9.17, 15) is 17.8 Å². The Hall–Kier alpha value is -2.48. The van der Waals surface area contributed by atoms with Gasteiger partial charge in [-0.2, -0.15) is 0 Å². The summed E-state index contributed by atoms with van der Waals surface area (Å²) in [4.78, 5) is 11.0. The molecule has 0 saturated carbocycles. The van der Waals surface area contributed by atoms with E-state index in [1.54, 1.807) is 12.1 Å². The van der Waals surface area contributed by atoms with Crippen molar-refractivity contribution in [3.63, 3.8) is 0 Å². The molecule has 6 nitrogen and oxygen atoms in total. The van der Waals surface area contributed by atoms with Crippen LogP contribution in [-0.2, 0) is 21.5 Å². The second kappa shape index (κ2) is 13.0. The zero-order valence-corrected chi connectivity index (χ0v) is 19.5. The lowest BCUT2D eigenvalue weighted by atomic mass is 10.1. The minimum absolute atomic E-state index is 0.0841. The van der Waals surface area contributed by atoms with E-state index >= 15 is 0 Å². The van der Waals surface area contributed by atoms with Gasteiger partial charge in [-0.1, -0.05) is 54.6 Å². The lowest BCUT2D eigenvalue weighted by Gasteiger charge is -2.37. The van der Waals surface area contributed by atoms with Crippen molar-refractivity contribution in [2.45, 2.75) is 38.6 Å².